The second-order valence-corrected chi connectivity index (χ2v) is 6.89. The van der Waals surface area contributed by atoms with Crippen LogP contribution < -0.4 is 10.6 Å². The third-order valence-corrected chi connectivity index (χ3v) is 4.71. The highest BCUT2D eigenvalue weighted by Gasteiger charge is 2.14. The number of anilines is 1. The number of amides is 2. The smallest absolute Gasteiger partial charge is 0.238 e. The summed E-state index contributed by atoms with van der Waals surface area (Å²) in [6, 6.07) is 10.9. The van der Waals surface area contributed by atoms with E-state index in [9.17, 15) is 9.59 Å². The van der Waals surface area contributed by atoms with Crippen LogP contribution >= 0.6 is 22.9 Å². The highest BCUT2D eigenvalue weighted by atomic mass is 35.5. The number of thiophene rings is 1. The SMILES string of the molecule is C[C@H](NC(=O)CN(C)CC(=O)Nc1ccccc1Cl)c1cccs1. The Morgan fingerprint density at radius 2 is 1.88 bits per heavy atom. The molecule has 1 heterocycles. The molecule has 0 bridgehead atoms. The third kappa shape index (κ3) is 5.63. The van der Waals surface area contributed by atoms with Crippen molar-refractivity contribution in [2.45, 2.75) is 13.0 Å². The topological polar surface area (TPSA) is 61.4 Å². The summed E-state index contributed by atoms with van der Waals surface area (Å²) in [4.78, 5) is 26.8. The molecule has 0 aliphatic rings. The Bertz CT molecular complexity index is 691. The van der Waals surface area contributed by atoms with Gasteiger partial charge in [-0.2, -0.15) is 0 Å². The Kier molecular flexibility index (Phi) is 6.78. The summed E-state index contributed by atoms with van der Waals surface area (Å²) in [5.41, 5.74) is 0.563. The van der Waals surface area contributed by atoms with E-state index in [0.29, 0.717) is 10.7 Å². The predicted molar refractivity (Wildman–Crippen MR) is 98.5 cm³/mol. The lowest BCUT2D eigenvalue weighted by molar-refractivity contribution is -0.123. The summed E-state index contributed by atoms with van der Waals surface area (Å²) in [5.74, 6) is -0.339. The molecule has 2 aromatic rings. The Morgan fingerprint density at radius 1 is 1.17 bits per heavy atom. The lowest BCUT2D eigenvalue weighted by Gasteiger charge is -2.18. The summed E-state index contributed by atoms with van der Waals surface area (Å²) < 4.78 is 0. The number of nitrogens with zero attached hydrogens (tertiary/aromatic N) is 1. The fourth-order valence-corrected chi connectivity index (χ4v) is 3.11. The molecule has 7 heteroatoms. The molecule has 128 valence electrons. The second-order valence-electron chi connectivity index (χ2n) is 5.50. The van der Waals surface area contributed by atoms with Crippen molar-refractivity contribution in [3.8, 4) is 0 Å². The zero-order valence-corrected chi connectivity index (χ0v) is 15.2. The van der Waals surface area contributed by atoms with E-state index in [0.717, 1.165) is 4.88 Å². The minimum atomic E-state index is -0.218. The molecular weight excluding hydrogens is 346 g/mol. The average molecular weight is 366 g/mol. The van der Waals surface area contributed by atoms with Gasteiger partial charge in [0.25, 0.3) is 0 Å². The van der Waals surface area contributed by atoms with Crippen LogP contribution in [-0.4, -0.2) is 36.9 Å². The van der Waals surface area contributed by atoms with E-state index in [-0.39, 0.29) is 30.9 Å². The van der Waals surface area contributed by atoms with Gasteiger partial charge in [-0.05, 0) is 37.6 Å². The molecule has 0 radical (unpaired) electrons. The van der Waals surface area contributed by atoms with Crippen LogP contribution in [0.25, 0.3) is 0 Å². The van der Waals surface area contributed by atoms with E-state index in [4.69, 9.17) is 11.6 Å². The van der Waals surface area contributed by atoms with Gasteiger partial charge in [-0.25, -0.2) is 0 Å². The number of benzene rings is 1. The molecule has 0 spiro atoms. The minimum absolute atomic E-state index is 0.0390. The van der Waals surface area contributed by atoms with Crippen LogP contribution in [0.4, 0.5) is 5.69 Å². The predicted octanol–water partition coefficient (Wildman–Crippen LogP) is 3.15. The molecule has 0 saturated heterocycles. The zero-order valence-electron chi connectivity index (χ0n) is 13.6. The van der Waals surface area contributed by atoms with Crippen LogP contribution in [0.3, 0.4) is 0 Å². The summed E-state index contributed by atoms with van der Waals surface area (Å²) in [7, 11) is 1.72. The standard InChI is InChI=1S/C17H20ClN3O2S/c1-12(15-8-5-9-24-15)19-16(22)10-21(2)11-17(23)20-14-7-4-3-6-13(14)18/h3-9,12H,10-11H2,1-2H3,(H,19,22)(H,20,23)/t12-/m0/s1. The van der Waals surface area contributed by atoms with Crippen molar-refractivity contribution >= 4 is 40.4 Å². The van der Waals surface area contributed by atoms with E-state index in [1.807, 2.05) is 24.4 Å². The molecule has 2 rings (SSSR count). The fraction of sp³-hybridized carbons (Fsp3) is 0.294. The Balaban J connectivity index is 1.77. The van der Waals surface area contributed by atoms with Gasteiger partial charge < -0.3 is 10.6 Å². The van der Waals surface area contributed by atoms with Gasteiger partial charge in [-0.15, -0.1) is 11.3 Å². The molecule has 1 aromatic heterocycles. The lowest BCUT2D eigenvalue weighted by atomic mass is 10.2. The zero-order chi connectivity index (χ0) is 17.5. The Hall–Kier alpha value is -1.89. The van der Waals surface area contributed by atoms with E-state index >= 15 is 0 Å². The summed E-state index contributed by atoms with van der Waals surface area (Å²) >= 11 is 7.60. The van der Waals surface area contributed by atoms with Crippen LogP contribution in [0.15, 0.2) is 41.8 Å². The number of likely N-dealkylation sites (N-methyl/N-ethyl adjacent to an activating group) is 1. The van der Waals surface area contributed by atoms with Crippen molar-refractivity contribution in [3.63, 3.8) is 0 Å². The molecule has 0 fully saturated rings. The number of carbonyl (C=O) groups is 2. The summed E-state index contributed by atoms with van der Waals surface area (Å²) in [6.07, 6.45) is 0. The van der Waals surface area contributed by atoms with Crippen LogP contribution in [0.5, 0.6) is 0 Å². The van der Waals surface area contributed by atoms with Crippen LogP contribution in [0.1, 0.15) is 17.8 Å². The van der Waals surface area contributed by atoms with Gasteiger partial charge in [0.1, 0.15) is 0 Å². The molecule has 0 aliphatic heterocycles. The van der Waals surface area contributed by atoms with E-state index in [1.54, 1.807) is 47.5 Å². The van der Waals surface area contributed by atoms with Gasteiger partial charge in [0.05, 0.1) is 29.8 Å². The van der Waals surface area contributed by atoms with Gasteiger partial charge in [0, 0.05) is 4.88 Å². The minimum Gasteiger partial charge on any atom is -0.348 e. The molecule has 5 nitrogen and oxygen atoms in total. The summed E-state index contributed by atoms with van der Waals surface area (Å²) in [5, 5.41) is 8.11. The van der Waals surface area contributed by atoms with E-state index < -0.39 is 0 Å². The number of para-hydroxylation sites is 1. The van der Waals surface area contributed by atoms with Crippen LogP contribution in [0, 0.1) is 0 Å². The maximum atomic E-state index is 12.1. The second kappa shape index (κ2) is 8.82. The average Bonchev–Trinajstić information content (AvgIpc) is 3.03. The first kappa shape index (κ1) is 18.4. The maximum Gasteiger partial charge on any atom is 0.238 e. The number of hydrogen-bond donors (Lipinski definition) is 2. The number of nitrogens with one attached hydrogen (secondary N) is 2. The van der Waals surface area contributed by atoms with Crippen molar-refractivity contribution in [3.05, 3.63) is 51.7 Å². The molecule has 0 saturated carbocycles. The first-order valence-electron chi connectivity index (χ1n) is 7.51. The number of carbonyl (C=O) groups excluding carboxylic acids is 2. The van der Waals surface area contributed by atoms with Gasteiger partial charge in [0.15, 0.2) is 0 Å². The normalized spacial score (nSPS) is 12.0. The number of halogens is 1. The van der Waals surface area contributed by atoms with Crippen molar-refractivity contribution in [1.82, 2.24) is 10.2 Å². The van der Waals surface area contributed by atoms with E-state index in [2.05, 4.69) is 10.6 Å². The third-order valence-electron chi connectivity index (χ3n) is 3.32. The van der Waals surface area contributed by atoms with Crippen molar-refractivity contribution in [2.75, 3.05) is 25.5 Å². The van der Waals surface area contributed by atoms with Crippen LogP contribution in [0.2, 0.25) is 5.02 Å². The van der Waals surface area contributed by atoms with Gasteiger partial charge in [-0.3, -0.25) is 14.5 Å². The fourth-order valence-electron chi connectivity index (χ4n) is 2.19. The highest BCUT2D eigenvalue weighted by molar-refractivity contribution is 7.10. The molecule has 0 unspecified atom stereocenters. The lowest BCUT2D eigenvalue weighted by Crippen LogP contribution is -2.39. The quantitative estimate of drug-likeness (QED) is 0.792. The van der Waals surface area contributed by atoms with Gasteiger partial charge in [-0.1, -0.05) is 29.8 Å². The molecule has 1 aromatic carbocycles. The van der Waals surface area contributed by atoms with E-state index in [1.165, 1.54) is 0 Å². The van der Waals surface area contributed by atoms with Crippen LogP contribution in [-0.2, 0) is 9.59 Å². The molecule has 2 N–H and O–H groups in total. The molecule has 0 aliphatic carbocycles. The van der Waals surface area contributed by atoms with Gasteiger partial charge in [0.2, 0.25) is 11.8 Å². The molecule has 2 amide bonds. The van der Waals surface area contributed by atoms with Crippen molar-refractivity contribution < 1.29 is 9.59 Å². The monoisotopic (exact) mass is 365 g/mol. The first-order chi connectivity index (χ1) is 11.5. The number of hydrogen-bond acceptors (Lipinski definition) is 4. The summed E-state index contributed by atoms with van der Waals surface area (Å²) in [6.45, 7) is 2.19. The maximum absolute atomic E-state index is 12.1. The first-order valence-corrected chi connectivity index (χ1v) is 8.77. The Labute approximate surface area is 150 Å². The highest BCUT2D eigenvalue weighted by Crippen LogP contribution is 2.20. The Morgan fingerprint density at radius 3 is 2.54 bits per heavy atom. The molecule has 1 atom stereocenters. The number of rotatable bonds is 7. The largest absolute Gasteiger partial charge is 0.348 e. The molecule has 24 heavy (non-hydrogen) atoms. The van der Waals surface area contributed by atoms with Gasteiger partial charge >= 0.3 is 0 Å². The van der Waals surface area contributed by atoms with Crippen molar-refractivity contribution in [2.24, 2.45) is 0 Å². The van der Waals surface area contributed by atoms with Crippen molar-refractivity contribution in [1.29, 1.82) is 0 Å². The molecular formula is C17H20ClN3O2S.